The zero-order valence-corrected chi connectivity index (χ0v) is 14.5. The Balaban J connectivity index is 1.82. The van der Waals surface area contributed by atoms with Crippen LogP contribution in [0.5, 0.6) is 0 Å². The van der Waals surface area contributed by atoms with Crippen molar-refractivity contribution in [2.24, 2.45) is 5.92 Å². The monoisotopic (exact) mass is 336 g/mol. The van der Waals surface area contributed by atoms with Crippen molar-refractivity contribution in [2.75, 3.05) is 11.4 Å². The second kappa shape index (κ2) is 6.24. The molecule has 0 radical (unpaired) electrons. The predicted octanol–water partition coefficient (Wildman–Crippen LogP) is 2.45. The number of sulfonamides is 1. The van der Waals surface area contributed by atoms with Gasteiger partial charge in [-0.2, -0.15) is 0 Å². The fraction of sp³-hybridized carbons (Fsp3) is 0.588. The first-order valence-corrected chi connectivity index (χ1v) is 9.80. The van der Waals surface area contributed by atoms with Gasteiger partial charge >= 0.3 is 0 Å². The highest BCUT2D eigenvalue weighted by Crippen LogP contribution is 2.31. The SMILES string of the molecule is CC(=O)N1CCc2cc(S(=O)(=O)N[C@@H]3CCCC[C@@H]3C)ccc21. The second-order valence-electron chi connectivity index (χ2n) is 6.70. The summed E-state index contributed by atoms with van der Waals surface area (Å²) in [5.74, 6) is 0.370. The average molecular weight is 336 g/mol. The van der Waals surface area contributed by atoms with Gasteiger partial charge in [-0.3, -0.25) is 4.79 Å². The number of benzene rings is 1. The van der Waals surface area contributed by atoms with Crippen molar-refractivity contribution in [3.05, 3.63) is 23.8 Å². The van der Waals surface area contributed by atoms with E-state index in [4.69, 9.17) is 0 Å². The third-order valence-corrected chi connectivity index (χ3v) is 6.54. The summed E-state index contributed by atoms with van der Waals surface area (Å²) in [5, 5.41) is 0. The Kier molecular flexibility index (Phi) is 4.47. The molecule has 0 aromatic heterocycles. The number of anilines is 1. The summed E-state index contributed by atoms with van der Waals surface area (Å²) in [6, 6.07) is 5.10. The first kappa shape index (κ1) is 16.5. The Hall–Kier alpha value is -1.40. The molecule has 126 valence electrons. The Morgan fingerprint density at radius 2 is 2.00 bits per heavy atom. The van der Waals surface area contributed by atoms with Crippen molar-refractivity contribution < 1.29 is 13.2 Å². The summed E-state index contributed by atoms with van der Waals surface area (Å²) in [7, 11) is -3.51. The maximum atomic E-state index is 12.7. The van der Waals surface area contributed by atoms with Crippen molar-refractivity contribution in [3.8, 4) is 0 Å². The number of fused-ring (bicyclic) bond motifs is 1. The normalized spacial score (nSPS) is 24.5. The average Bonchev–Trinajstić information content (AvgIpc) is 2.92. The molecule has 1 aromatic carbocycles. The number of carbonyl (C=O) groups excluding carboxylic acids is 1. The molecule has 1 aliphatic heterocycles. The van der Waals surface area contributed by atoms with Crippen LogP contribution in [0.3, 0.4) is 0 Å². The quantitative estimate of drug-likeness (QED) is 0.922. The summed E-state index contributed by atoms with van der Waals surface area (Å²) in [5.41, 5.74) is 1.77. The third-order valence-electron chi connectivity index (χ3n) is 5.05. The molecule has 2 aliphatic rings. The number of nitrogens with zero attached hydrogens (tertiary/aromatic N) is 1. The summed E-state index contributed by atoms with van der Waals surface area (Å²) < 4.78 is 28.2. The van der Waals surface area contributed by atoms with Crippen molar-refractivity contribution in [1.82, 2.24) is 4.72 Å². The number of amides is 1. The topological polar surface area (TPSA) is 66.5 Å². The lowest BCUT2D eigenvalue weighted by Crippen LogP contribution is -2.41. The Morgan fingerprint density at radius 3 is 2.70 bits per heavy atom. The van der Waals surface area contributed by atoms with Gasteiger partial charge in [-0.05, 0) is 48.9 Å². The minimum atomic E-state index is -3.51. The van der Waals surface area contributed by atoms with Gasteiger partial charge in [0.2, 0.25) is 15.9 Å². The molecule has 23 heavy (non-hydrogen) atoms. The lowest BCUT2D eigenvalue weighted by Gasteiger charge is -2.29. The fourth-order valence-corrected chi connectivity index (χ4v) is 5.06. The van der Waals surface area contributed by atoms with Gasteiger partial charge in [0.25, 0.3) is 0 Å². The van der Waals surface area contributed by atoms with Crippen LogP contribution in [0.4, 0.5) is 5.69 Å². The largest absolute Gasteiger partial charge is 0.312 e. The van der Waals surface area contributed by atoms with Gasteiger partial charge < -0.3 is 4.90 Å². The molecule has 1 N–H and O–H groups in total. The fourth-order valence-electron chi connectivity index (χ4n) is 3.63. The summed E-state index contributed by atoms with van der Waals surface area (Å²) in [6.07, 6.45) is 4.95. The van der Waals surface area contributed by atoms with E-state index < -0.39 is 10.0 Å². The zero-order valence-electron chi connectivity index (χ0n) is 13.7. The van der Waals surface area contributed by atoms with E-state index in [1.54, 1.807) is 23.1 Å². The van der Waals surface area contributed by atoms with Crippen LogP contribution in [0, 0.1) is 5.92 Å². The molecule has 2 atom stereocenters. The van der Waals surface area contributed by atoms with Crippen LogP contribution >= 0.6 is 0 Å². The van der Waals surface area contributed by atoms with Crippen LogP contribution in [-0.2, 0) is 21.2 Å². The van der Waals surface area contributed by atoms with Crippen LogP contribution in [0.25, 0.3) is 0 Å². The Bertz CT molecular complexity index is 715. The number of hydrogen-bond acceptors (Lipinski definition) is 3. The van der Waals surface area contributed by atoms with E-state index in [-0.39, 0.29) is 11.9 Å². The van der Waals surface area contributed by atoms with E-state index in [9.17, 15) is 13.2 Å². The number of rotatable bonds is 3. The Labute approximate surface area is 138 Å². The molecular formula is C17H24N2O3S. The van der Waals surface area contributed by atoms with E-state index in [0.717, 1.165) is 30.5 Å². The summed E-state index contributed by atoms with van der Waals surface area (Å²) in [6.45, 7) is 4.27. The van der Waals surface area contributed by atoms with Gasteiger partial charge in [0.05, 0.1) is 4.90 Å². The van der Waals surface area contributed by atoms with Gasteiger partial charge in [0.15, 0.2) is 0 Å². The van der Waals surface area contributed by atoms with Gasteiger partial charge in [-0.25, -0.2) is 13.1 Å². The standard InChI is InChI=1S/C17H24N2O3S/c1-12-5-3-4-6-16(12)18-23(21,22)15-7-8-17-14(11-15)9-10-19(17)13(2)20/h7-8,11-12,16,18H,3-6,9-10H2,1-2H3/t12-,16+/m0/s1. The predicted molar refractivity (Wildman–Crippen MR) is 89.9 cm³/mol. The van der Waals surface area contributed by atoms with E-state index in [1.165, 1.54) is 13.3 Å². The van der Waals surface area contributed by atoms with Gasteiger partial charge in [0, 0.05) is 25.2 Å². The summed E-state index contributed by atoms with van der Waals surface area (Å²) >= 11 is 0. The number of hydrogen-bond donors (Lipinski definition) is 1. The van der Waals surface area contributed by atoms with Crippen LogP contribution in [0.2, 0.25) is 0 Å². The lowest BCUT2D eigenvalue weighted by atomic mass is 9.87. The molecule has 0 bridgehead atoms. The first-order chi connectivity index (χ1) is 10.9. The molecule has 1 aromatic rings. The van der Waals surface area contributed by atoms with E-state index in [0.29, 0.717) is 23.8 Å². The molecule has 1 amide bonds. The van der Waals surface area contributed by atoms with Gasteiger partial charge in [-0.15, -0.1) is 0 Å². The van der Waals surface area contributed by atoms with Gasteiger partial charge in [-0.1, -0.05) is 19.8 Å². The van der Waals surface area contributed by atoms with Crippen molar-refractivity contribution >= 4 is 21.6 Å². The van der Waals surface area contributed by atoms with Crippen molar-refractivity contribution in [1.29, 1.82) is 0 Å². The van der Waals surface area contributed by atoms with Crippen LogP contribution in [-0.4, -0.2) is 26.9 Å². The third kappa shape index (κ3) is 3.28. The molecule has 1 aliphatic carbocycles. The van der Waals surface area contributed by atoms with Crippen LogP contribution < -0.4 is 9.62 Å². The maximum absolute atomic E-state index is 12.7. The molecule has 0 spiro atoms. The van der Waals surface area contributed by atoms with E-state index >= 15 is 0 Å². The maximum Gasteiger partial charge on any atom is 0.240 e. The lowest BCUT2D eigenvalue weighted by molar-refractivity contribution is -0.116. The van der Waals surface area contributed by atoms with Crippen molar-refractivity contribution in [3.63, 3.8) is 0 Å². The van der Waals surface area contributed by atoms with Crippen molar-refractivity contribution in [2.45, 2.75) is 56.9 Å². The van der Waals surface area contributed by atoms with Crippen LogP contribution in [0.1, 0.15) is 45.1 Å². The highest BCUT2D eigenvalue weighted by Gasteiger charge is 2.28. The second-order valence-corrected chi connectivity index (χ2v) is 8.41. The number of carbonyl (C=O) groups is 1. The first-order valence-electron chi connectivity index (χ1n) is 8.32. The molecular weight excluding hydrogens is 312 g/mol. The zero-order chi connectivity index (χ0) is 16.6. The Morgan fingerprint density at radius 1 is 1.26 bits per heavy atom. The molecule has 1 heterocycles. The minimum Gasteiger partial charge on any atom is -0.312 e. The highest BCUT2D eigenvalue weighted by molar-refractivity contribution is 7.89. The summed E-state index contributed by atoms with van der Waals surface area (Å²) in [4.78, 5) is 13.6. The molecule has 0 unspecified atom stereocenters. The molecule has 1 fully saturated rings. The van der Waals surface area contributed by atoms with E-state index in [2.05, 4.69) is 11.6 Å². The highest BCUT2D eigenvalue weighted by atomic mass is 32.2. The molecule has 0 saturated heterocycles. The van der Waals surface area contributed by atoms with Crippen LogP contribution in [0.15, 0.2) is 23.1 Å². The van der Waals surface area contributed by atoms with Gasteiger partial charge in [0.1, 0.15) is 0 Å². The van der Waals surface area contributed by atoms with E-state index in [1.807, 2.05) is 0 Å². The molecule has 6 heteroatoms. The molecule has 3 rings (SSSR count). The smallest absolute Gasteiger partial charge is 0.240 e. The molecule has 5 nitrogen and oxygen atoms in total. The molecule has 1 saturated carbocycles. The number of nitrogens with one attached hydrogen (secondary N) is 1. The minimum absolute atomic E-state index is 0.00601.